The first kappa shape index (κ1) is 37.3. The van der Waals surface area contributed by atoms with Gasteiger partial charge in [0.2, 0.25) is 11.4 Å². The van der Waals surface area contributed by atoms with Crippen LogP contribution in [-0.4, -0.2) is 9.55 Å². The molecule has 6 aromatic carbocycles. The molecule has 0 N–H and O–H groups in total. The number of nitrogens with zero attached hydrogens (tertiary/aromatic N) is 4. The van der Waals surface area contributed by atoms with Crippen molar-refractivity contribution >= 4 is 44.6 Å². The first-order valence-corrected chi connectivity index (χ1v) is 19.8. The van der Waals surface area contributed by atoms with Gasteiger partial charge in [-0.25, -0.2) is 9.58 Å². The van der Waals surface area contributed by atoms with Gasteiger partial charge < -0.3 is 9.30 Å². The molecule has 2 atom stereocenters. The summed E-state index contributed by atoms with van der Waals surface area (Å²) in [4.78, 5) is 4.88. The average Bonchev–Trinajstić information content (AvgIpc) is 3.72. The van der Waals surface area contributed by atoms with Crippen molar-refractivity contribution in [1.82, 2.24) is 18.7 Å². The second kappa shape index (κ2) is 14.0. The molecule has 5 nitrogen and oxygen atoms in total. The molecule has 286 valence electrons. The molecule has 1 unspecified atom stereocenters. The van der Waals surface area contributed by atoms with Gasteiger partial charge >= 0.3 is 0 Å². The van der Waals surface area contributed by atoms with Crippen LogP contribution in [0.4, 0.5) is 22.7 Å². The van der Waals surface area contributed by atoms with Gasteiger partial charge in [0.15, 0.2) is 12.4 Å². The molecule has 4 heterocycles. The van der Waals surface area contributed by atoms with E-state index in [9.17, 15) is 0 Å². The number of hydrogen-bond donors (Lipinski definition) is 0. The number of benzene rings is 6. The van der Waals surface area contributed by atoms with Crippen LogP contribution in [0.2, 0.25) is 0 Å². The summed E-state index contributed by atoms with van der Waals surface area (Å²) < 4.78 is 10.2. The van der Waals surface area contributed by atoms with E-state index in [-0.39, 0.29) is 26.5 Å². The van der Waals surface area contributed by atoms with E-state index < -0.39 is 0 Å². The fourth-order valence-electron chi connectivity index (χ4n) is 9.04. The fraction of sp³-hybridized carbons (Fsp3) is 0.176. The number of pyridine rings is 1. The van der Waals surface area contributed by atoms with Gasteiger partial charge in [-0.1, -0.05) is 125 Å². The average molecular weight is 925 g/mol. The Bertz CT molecular complexity index is 2800. The van der Waals surface area contributed by atoms with Crippen LogP contribution in [0.25, 0.3) is 38.8 Å². The third kappa shape index (κ3) is 5.74. The first-order valence-electron chi connectivity index (χ1n) is 19.8. The molecule has 0 aliphatic carbocycles. The summed E-state index contributed by atoms with van der Waals surface area (Å²) in [5.41, 5.74) is 11.7. The van der Waals surface area contributed by atoms with Crippen molar-refractivity contribution in [2.45, 2.75) is 58.8 Å². The van der Waals surface area contributed by atoms with Crippen molar-refractivity contribution in [3.05, 3.63) is 176 Å². The standard InChI is InChI=1S/C51H45N4O.Pt/c1-6-35(7-2)37-18-15-19-40(28-37)54-34-55(54,49-23-14-13-22-48(49)54)41-29-38(36-16-9-8-10-17-36)30-43(32-41)56-42-24-25-45-44-20-11-12-21-46(44)53(47(45)33-42)50-31-39(26-27-52-50)51(3,4)5;/h8-31,34-35H,6-7H2,1-5H3;/q-1;/t54-,55?;/m0./s1. The summed E-state index contributed by atoms with van der Waals surface area (Å²) in [6.45, 7) is 13.7. The van der Waals surface area contributed by atoms with Gasteiger partial charge in [-0.15, -0.1) is 29.1 Å². The molecule has 0 amide bonds. The van der Waals surface area contributed by atoms with E-state index in [1.54, 1.807) is 0 Å². The molecule has 1 saturated heterocycles. The number of para-hydroxylation sites is 3. The summed E-state index contributed by atoms with van der Waals surface area (Å²) in [5, 5.41) is 2.26. The van der Waals surface area contributed by atoms with E-state index in [2.05, 4.69) is 191 Å². The van der Waals surface area contributed by atoms with Crippen LogP contribution in [-0.2, 0) is 26.5 Å². The van der Waals surface area contributed by atoms with Crippen molar-refractivity contribution in [1.29, 1.82) is 0 Å². The van der Waals surface area contributed by atoms with Crippen LogP contribution in [0.15, 0.2) is 146 Å². The van der Waals surface area contributed by atoms with E-state index in [4.69, 9.17) is 9.72 Å². The number of aromatic nitrogens is 2. The van der Waals surface area contributed by atoms with Gasteiger partial charge in [0.1, 0.15) is 5.82 Å². The van der Waals surface area contributed by atoms with Crippen molar-refractivity contribution in [2.24, 2.45) is 0 Å². The summed E-state index contributed by atoms with van der Waals surface area (Å²) in [6, 6.07) is 57.5. The second-order valence-electron chi connectivity index (χ2n) is 16.3. The maximum atomic E-state index is 6.87. The third-order valence-corrected chi connectivity index (χ3v) is 12.0. The smallest absolute Gasteiger partial charge is 0.225 e. The minimum Gasteiger partial charge on any atom is -0.509 e. The predicted molar refractivity (Wildman–Crippen MR) is 230 cm³/mol. The molecule has 0 radical (unpaired) electrons. The fourth-order valence-corrected chi connectivity index (χ4v) is 9.04. The van der Waals surface area contributed by atoms with E-state index in [1.165, 1.54) is 28.2 Å². The number of quaternary nitrogens is 2. The van der Waals surface area contributed by atoms with Crippen LogP contribution >= 0.6 is 0 Å². The molecule has 2 aromatic heterocycles. The van der Waals surface area contributed by atoms with Crippen LogP contribution < -0.4 is 13.9 Å². The number of ether oxygens (including phenoxy) is 1. The quantitative estimate of drug-likeness (QED) is 0.0819. The number of rotatable bonds is 9. The Morgan fingerprint density at radius 1 is 0.684 bits per heavy atom. The van der Waals surface area contributed by atoms with Gasteiger partial charge in [-0.2, -0.15) is 10.7 Å². The van der Waals surface area contributed by atoms with E-state index in [0.717, 1.165) is 57.3 Å². The minimum absolute atomic E-state index is 0. The molecule has 10 rings (SSSR count). The molecular weight excluding hydrogens is 880 g/mol. The zero-order valence-electron chi connectivity index (χ0n) is 32.9. The SMILES string of the molecule is CCC(CC)c1cccc([N@+]23[CH-][N+]2(c2[c-]c(Oc4[c-]c5c(cc4)c4ccccc4n5-c4cc(C(C)(C)C)ccn4)cc(-c4ccccc4)c2)c2ccccc23)c1.[Pt]. The normalized spacial score (nSPS) is 18.1. The number of hydrogen-bond acceptors (Lipinski definition) is 2. The molecular formula is C51H45N4OPt-. The summed E-state index contributed by atoms with van der Waals surface area (Å²) in [7, 11) is 0. The first-order chi connectivity index (χ1) is 27.2. The Kier molecular flexibility index (Phi) is 9.12. The van der Waals surface area contributed by atoms with Crippen molar-refractivity contribution in [3.8, 4) is 28.4 Å². The summed E-state index contributed by atoms with van der Waals surface area (Å²) in [6.07, 6.45) is 4.16. The van der Waals surface area contributed by atoms with Crippen LogP contribution in [0, 0.1) is 18.8 Å². The molecule has 8 aromatic rings. The second-order valence-corrected chi connectivity index (χ2v) is 16.3. The maximum absolute atomic E-state index is 6.87. The Hall–Kier alpha value is -5.32. The van der Waals surface area contributed by atoms with Gasteiger partial charge in [0.05, 0.1) is 5.69 Å². The molecule has 2 aliphatic rings. The van der Waals surface area contributed by atoms with Crippen molar-refractivity contribution in [2.75, 3.05) is 0 Å². The van der Waals surface area contributed by atoms with Gasteiger partial charge in [0, 0.05) is 68.5 Å². The maximum Gasteiger partial charge on any atom is 0.225 e. The van der Waals surface area contributed by atoms with Gasteiger partial charge in [-0.05, 0) is 64.5 Å². The van der Waals surface area contributed by atoms with Gasteiger partial charge in [0.25, 0.3) is 0 Å². The molecule has 0 saturated carbocycles. The zero-order chi connectivity index (χ0) is 38.2. The van der Waals surface area contributed by atoms with E-state index >= 15 is 0 Å². The molecule has 2 aliphatic heterocycles. The largest absolute Gasteiger partial charge is 0.509 e. The summed E-state index contributed by atoms with van der Waals surface area (Å²) >= 11 is 0. The van der Waals surface area contributed by atoms with Crippen molar-refractivity contribution in [3.63, 3.8) is 0 Å². The Balaban J connectivity index is 0.00000422. The Morgan fingerprint density at radius 3 is 2.19 bits per heavy atom. The molecule has 0 bridgehead atoms. The molecule has 0 spiro atoms. The van der Waals surface area contributed by atoms with Crippen LogP contribution in [0.5, 0.6) is 11.5 Å². The third-order valence-electron chi connectivity index (χ3n) is 12.0. The van der Waals surface area contributed by atoms with Gasteiger partial charge in [-0.3, -0.25) is 0 Å². The number of fused-ring (bicyclic) bond motifs is 7. The zero-order valence-corrected chi connectivity index (χ0v) is 35.2. The molecule has 6 heteroatoms. The topological polar surface area (TPSA) is 27.1 Å². The Morgan fingerprint density at radius 2 is 1.42 bits per heavy atom. The van der Waals surface area contributed by atoms with Crippen molar-refractivity contribution < 1.29 is 25.8 Å². The van der Waals surface area contributed by atoms with Crippen LogP contribution in [0.1, 0.15) is 64.5 Å². The summed E-state index contributed by atoms with van der Waals surface area (Å²) in [5.74, 6) is 2.67. The van der Waals surface area contributed by atoms with E-state index in [1.807, 2.05) is 12.3 Å². The molecule has 57 heavy (non-hydrogen) atoms. The Labute approximate surface area is 350 Å². The predicted octanol–water partition coefficient (Wildman–Crippen LogP) is 13.8. The monoisotopic (exact) mass is 924 g/mol. The minimum atomic E-state index is -0.0176. The molecule has 1 fully saturated rings. The van der Waals surface area contributed by atoms with Crippen LogP contribution in [0.3, 0.4) is 0 Å². The van der Waals surface area contributed by atoms with E-state index in [0.29, 0.717) is 26.6 Å².